The highest BCUT2D eigenvalue weighted by atomic mass is 32.2. The Labute approximate surface area is 178 Å². The molecule has 0 aliphatic carbocycles. The quantitative estimate of drug-likeness (QED) is 0.738. The SMILES string of the molecule is CC(C)N1CC(=O)N(C)c2cnc(Nc3cc(CS(C)(=O)=O)cc(C(F)(F)F)c3)nc21. The maximum absolute atomic E-state index is 13.3. The van der Waals surface area contributed by atoms with Crippen molar-refractivity contribution in [1.82, 2.24) is 9.97 Å². The molecule has 3 rings (SSSR count). The summed E-state index contributed by atoms with van der Waals surface area (Å²) in [7, 11) is -1.94. The summed E-state index contributed by atoms with van der Waals surface area (Å²) in [5, 5.41) is 2.73. The fourth-order valence-corrected chi connectivity index (χ4v) is 3.98. The zero-order chi connectivity index (χ0) is 23.1. The molecule has 0 atom stereocenters. The molecule has 0 unspecified atom stereocenters. The number of fused-ring (bicyclic) bond motifs is 1. The van der Waals surface area contributed by atoms with Crippen molar-refractivity contribution >= 4 is 38.9 Å². The highest BCUT2D eigenvalue weighted by Gasteiger charge is 2.32. The number of hydrogen-bond acceptors (Lipinski definition) is 7. The Bertz CT molecular complexity index is 1120. The summed E-state index contributed by atoms with van der Waals surface area (Å²) in [6.45, 7) is 3.89. The van der Waals surface area contributed by atoms with Crippen molar-refractivity contribution in [2.24, 2.45) is 0 Å². The van der Waals surface area contributed by atoms with Crippen LogP contribution in [0.15, 0.2) is 24.4 Å². The van der Waals surface area contributed by atoms with Crippen LogP contribution in [0.1, 0.15) is 25.0 Å². The summed E-state index contributed by atoms with van der Waals surface area (Å²) in [4.78, 5) is 23.9. The molecule has 2 heterocycles. The van der Waals surface area contributed by atoms with Crippen LogP contribution in [-0.2, 0) is 26.6 Å². The van der Waals surface area contributed by atoms with Crippen LogP contribution in [0, 0.1) is 0 Å². The number of hydrogen-bond donors (Lipinski definition) is 1. The monoisotopic (exact) mass is 457 g/mol. The van der Waals surface area contributed by atoms with Crippen molar-refractivity contribution in [3.8, 4) is 0 Å². The summed E-state index contributed by atoms with van der Waals surface area (Å²) in [6.07, 6.45) is -2.29. The lowest BCUT2D eigenvalue weighted by atomic mass is 10.1. The van der Waals surface area contributed by atoms with Gasteiger partial charge in [-0.2, -0.15) is 18.2 Å². The molecule has 1 amide bonds. The van der Waals surface area contributed by atoms with Gasteiger partial charge < -0.3 is 15.1 Å². The van der Waals surface area contributed by atoms with Gasteiger partial charge in [0.2, 0.25) is 11.9 Å². The largest absolute Gasteiger partial charge is 0.416 e. The molecule has 0 fully saturated rings. The maximum atomic E-state index is 13.3. The Balaban J connectivity index is 2.02. The predicted molar refractivity (Wildman–Crippen MR) is 111 cm³/mol. The average Bonchev–Trinajstić information content (AvgIpc) is 2.62. The van der Waals surface area contributed by atoms with E-state index in [-0.39, 0.29) is 35.7 Å². The van der Waals surface area contributed by atoms with Crippen LogP contribution < -0.4 is 15.1 Å². The molecule has 1 aliphatic rings. The van der Waals surface area contributed by atoms with Gasteiger partial charge in [-0.25, -0.2) is 13.4 Å². The van der Waals surface area contributed by atoms with Crippen LogP contribution in [0.3, 0.4) is 0 Å². The fraction of sp³-hybridized carbons (Fsp3) is 0.421. The number of nitrogens with one attached hydrogen (secondary N) is 1. The summed E-state index contributed by atoms with van der Waals surface area (Å²) >= 11 is 0. The van der Waals surface area contributed by atoms with E-state index < -0.39 is 27.3 Å². The normalized spacial score (nSPS) is 14.8. The van der Waals surface area contributed by atoms with Gasteiger partial charge in [-0.05, 0) is 37.6 Å². The van der Waals surface area contributed by atoms with E-state index in [1.54, 1.807) is 11.9 Å². The molecule has 1 aliphatic heterocycles. The number of benzene rings is 1. The second-order valence-electron chi connectivity index (χ2n) is 7.69. The van der Waals surface area contributed by atoms with E-state index in [1.165, 1.54) is 17.2 Å². The number of halogens is 3. The van der Waals surface area contributed by atoms with Gasteiger partial charge in [0.25, 0.3) is 0 Å². The van der Waals surface area contributed by atoms with E-state index in [9.17, 15) is 26.4 Å². The first-order valence-electron chi connectivity index (χ1n) is 9.31. The van der Waals surface area contributed by atoms with Gasteiger partial charge in [0.1, 0.15) is 5.69 Å². The van der Waals surface area contributed by atoms with Crippen molar-refractivity contribution in [2.45, 2.75) is 31.8 Å². The molecule has 1 aromatic carbocycles. The highest BCUT2D eigenvalue weighted by molar-refractivity contribution is 7.89. The van der Waals surface area contributed by atoms with Crippen molar-refractivity contribution in [3.05, 3.63) is 35.5 Å². The lowest BCUT2D eigenvalue weighted by Gasteiger charge is -2.36. The van der Waals surface area contributed by atoms with Crippen molar-refractivity contribution in [2.75, 3.05) is 35.0 Å². The maximum Gasteiger partial charge on any atom is 0.416 e. The minimum absolute atomic E-state index is 0.00441. The van der Waals surface area contributed by atoms with Gasteiger partial charge in [0.05, 0.1) is 24.1 Å². The standard InChI is InChI=1S/C19H22F3N5O3S/c1-11(2)27-9-16(28)26(3)15-8-23-18(25-17(15)27)24-14-6-12(10-31(4,29)30)5-13(7-14)19(20,21)22/h5-8,11H,9-10H2,1-4H3,(H,23,24,25). The predicted octanol–water partition coefficient (Wildman–Crippen LogP) is 2.97. The first-order valence-corrected chi connectivity index (χ1v) is 11.4. The molecule has 1 N–H and O–H groups in total. The topological polar surface area (TPSA) is 95.5 Å². The fourth-order valence-electron chi connectivity index (χ4n) is 3.21. The molecule has 12 heteroatoms. The van der Waals surface area contributed by atoms with Gasteiger partial charge in [-0.1, -0.05) is 0 Å². The van der Waals surface area contributed by atoms with Gasteiger partial charge in [-0.3, -0.25) is 4.79 Å². The molecule has 0 radical (unpaired) electrons. The third kappa shape index (κ3) is 5.24. The average molecular weight is 457 g/mol. The van der Waals surface area contributed by atoms with Gasteiger partial charge >= 0.3 is 6.18 Å². The van der Waals surface area contributed by atoms with Gasteiger partial charge in [0, 0.05) is 25.0 Å². The van der Waals surface area contributed by atoms with Crippen LogP contribution in [0.2, 0.25) is 0 Å². The van der Waals surface area contributed by atoms with Crippen LogP contribution in [0.5, 0.6) is 0 Å². The molecule has 168 valence electrons. The molecular weight excluding hydrogens is 435 g/mol. The molecule has 0 saturated carbocycles. The number of likely N-dealkylation sites (N-methyl/N-ethyl adjacent to an activating group) is 1. The van der Waals surface area contributed by atoms with E-state index in [4.69, 9.17) is 0 Å². The summed E-state index contributed by atoms with van der Waals surface area (Å²) in [6, 6.07) is 2.94. The summed E-state index contributed by atoms with van der Waals surface area (Å²) in [5.74, 6) is -0.173. The molecule has 0 saturated heterocycles. The first-order chi connectivity index (χ1) is 14.2. The van der Waals surface area contributed by atoms with E-state index in [0.717, 1.165) is 18.4 Å². The number of alkyl halides is 3. The Morgan fingerprint density at radius 2 is 1.90 bits per heavy atom. The van der Waals surface area contributed by atoms with Crippen LogP contribution in [0.25, 0.3) is 0 Å². The van der Waals surface area contributed by atoms with Gasteiger partial charge in [-0.15, -0.1) is 0 Å². The van der Waals surface area contributed by atoms with Crippen LogP contribution in [0.4, 0.5) is 36.3 Å². The Hall–Kier alpha value is -2.89. The van der Waals surface area contributed by atoms with E-state index in [0.29, 0.717) is 11.5 Å². The first kappa shape index (κ1) is 22.8. The Morgan fingerprint density at radius 1 is 1.23 bits per heavy atom. The lowest BCUT2D eigenvalue weighted by molar-refractivity contribution is -0.137. The molecule has 0 bridgehead atoms. The minimum Gasteiger partial charge on any atom is -0.343 e. The number of anilines is 4. The minimum atomic E-state index is -4.65. The number of aromatic nitrogens is 2. The highest BCUT2D eigenvalue weighted by Crippen LogP contribution is 2.35. The number of rotatable bonds is 5. The molecule has 2 aromatic rings. The van der Waals surface area contributed by atoms with E-state index >= 15 is 0 Å². The number of carbonyl (C=O) groups excluding carboxylic acids is 1. The van der Waals surface area contributed by atoms with E-state index in [2.05, 4.69) is 15.3 Å². The third-order valence-electron chi connectivity index (χ3n) is 4.69. The van der Waals surface area contributed by atoms with Gasteiger partial charge in [0.15, 0.2) is 15.7 Å². The second kappa shape index (κ2) is 7.98. The van der Waals surface area contributed by atoms with Crippen molar-refractivity contribution in [1.29, 1.82) is 0 Å². The number of amides is 1. The summed E-state index contributed by atoms with van der Waals surface area (Å²) in [5.41, 5.74) is -0.503. The number of sulfone groups is 1. The Kier molecular flexibility index (Phi) is 5.87. The number of carbonyl (C=O) groups is 1. The molecular formula is C19H22F3N5O3S. The summed E-state index contributed by atoms with van der Waals surface area (Å²) < 4.78 is 63.1. The van der Waals surface area contributed by atoms with Crippen molar-refractivity contribution < 1.29 is 26.4 Å². The zero-order valence-electron chi connectivity index (χ0n) is 17.4. The van der Waals surface area contributed by atoms with E-state index in [1.807, 2.05) is 13.8 Å². The Morgan fingerprint density at radius 3 is 2.48 bits per heavy atom. The molecule has 1 aromatic heterocycles. The molecule has 8 nitrogen and oxygen atoms in total. The van der Waals surface area contributed by atoms with Crippen molar-refractivity contribution in [3.63, 3.8) is 0 Å². The lowest BCUT2D eigenvalue weighted by Crippen LogP contribution is -2.47. The third-order valence-corrected chi connectivity index (χ3v) is 5.55. The number of nitrogens with zero attached hydrogens (tertiary/aromatic N) is 4. The second-order valence-corrected chi connectivity index (χ2v) is 9.83. The van der Waals surface area contributed by atoms with Crippen LogP contribution >= 0.6 is 0 Å². The molecule has 0 spiro atoms. The molecule has 31 heavy (non-hydrogen) atoms. The zero-order valence-corrected chi connectivity index (χ0v) is 18.2. The smallest absolute Gasteiger partial charge is 0.343 e. The van der Waals surface area contributed by atoms with Crippen LogP contribution in [-0.4, -0.2) is 50.2 Å².